The van der Waals surface area contributed by atoms with E-state index in [9.17, 15) is 14.4 Å². The fourth-order valence-corrected chi connectivity index (χ4v) is 4.01. The van der Waals surface area contributed by atoms with E-state index in [-0.39, 0.29) is 24.5 Å². The predicted molar refractivity (Wildman–Crippen MR) is 108 cm³/mol. The molecule has 2 rings (SSSR count). The van der Waals surface area contributed by atoms with Crippen molar-refractivity contribution in [1.82, 2.24) is 9.80 Å². The Labute approximate surface area is 164 Å². The normalized spacial score (nSPS) is 16.0. The largest absolute Gasteiger partial charge is 0.496 e. The third kappa shape index (κ3) is 4.71. The summed E-state index contributed by atoms with van der Waals surface area (Å²) in [5, 5.41) is -0.419. The van der Waals surface area contributed by atoms with Gasteiger partial charge >= 0.3 is 0 Å². The van der Waals surface area contributed by atoms with Crippen molar-refractivity contribution < 1.29 is 19.1 Å². The zero-order valence-corrected chi connectivity index (χ0v) is 17.4. The number of thioether (sulfide) groups is 1. The third-order valence-corrected chi connectivity index (χ3v) is 5.19. The highest BCUT2D eigenvalue weighted by molar-refractivity contribution is 8.18. The van der Waals surface area contributed by atoms with Gasteiger partial charge in [-0.25, -0.2) is 0 Å². The minimum atomic E-state index is -0.431. The molecular weight excluding hydrogens is 364 g/mol. The Morgan fingerprint density at radius 2 is 1.85 bits per heavy atom. The molecule has 0 aliphatic carbocycles. The van der Waals surface area contributed by atoms with Crippen LogP contribution in [0.4, 0.5) is 4.79 Å². The highest BCUT2D eigenvalue weighted by Crippen LogP contribution is 2.33. The second-order valence-corrected chi connectivity index (χ2v) is 7.98. The smallest absolute Gasteiger partial charge is 0.294 e. The number of hydrogen-bond donors (Lipinski definition) is 0. The molecule has 1 saturated heterocycles. The summed E-state index contributed by atoms with van der Waals surface area (Å²) in [6, 6.07) is 5.52. The number of amides is 3. The van der Waals surface area contributed by atoms with Gasteiger partial charge in [-0.05, 0) is 75.7 Å². The SMILES string of the molecule is COc1ccc(/C=C2\SC(=O)N(CC(=O)N(C(C)C)C(C)C)C2=O)cc1C. The molecule has 0 saturated carbocycles. The second-order valence-electron chi connectivity index (χ2n) is 6.99. The molecule has 146 valence electrons. The molecule has 0 bridgehead atoms. The number of carbonyl (C=O) groups is 3. The van der Waals surface area contributed by atoms with Crippen LogP contribution in [0.1, 0.15) is 38.8 Å². The third-order valence-electron chi connectivity index (χ3n) is 4.28. The van der Waals surface area contributed by atoms with Crippen LogP contribution in [0.25, 0.3) is 6.08 Å². The van der Waals surface area contributed by atoms with Crippen LogP contribution in [-0.4, -0.2) is 52.6 Å². The van der Waals surface area contributed by atoms with E-state index in [1.165, 1.54) is 0 Å². The van der Waals surface area contributed by atoms with Crippen molar-refractivity contribution >= 4 is 34.9 Å². The summed E-state index contributed by atoms with van der Waals surface area (Å²) >= 11 is 0.859. The van der Waals surface area contributed by atoms with Gasteiger partial charge in [-0.15, -0.1) is 0 Å². The molecule has 0 atom stereocenters. The number of methoxy groups -OCH3 is 1. The fourth-order valence-electron chi connectivity index (χ4n) is 3.17. The summed E-state index contributed by atoms with van der Waals surface area (Å²) in [4.78, 5) is 40.5. The first-order chi connectivity index (χ1) is 12.6. The molecule has 0 aromatic heterocycles. The zero-order chi connectivity index (χ0) is 20.3. The van der Waals surface area contributed by atoms with Crippen molar-refractivity contribution in [2.24, 2.45) is 0 Å². The number of hydrogen-bond acceptors (Lipinski definition) is 5. The van der Waals surface area contributed by atoms with E-state index in [1.54, 1.807) is 18.1 Å². The fraction of sp³-hybridized carbons (Fsp3) is 0.450. The Bertz CT molecular complexity index is 778. The number of nitrogens with zero attached hydrogens (tertiary/aromatic N) is 2. The summed E-state index contributed by atoms with van der Waals surface area (Å²) in [6.07, 6.45) is 1.67. The molecule has 7 heteroatoms. The summed E-state index contributed by atoms with van der Waals surface area (Å²) < 4.78 is 5.23. The van der Waals surface area contributed by atoms with Crippen molar-refractivity contribution in [3.05, 3.63) is 34.2 Å². The van der Waals surface area contributed by atoms with Crippen LogP contribution >= 0.6 is 11.8 Å². The molecule has 0 N–H and O–H groups in total. The van der Waals surface area contributed by atoms with Crippen LogP contribution in [-0.2, 0) is 9.59 Å². The number of benzene rings is 1. The van der Waals surface area contributed by atoms with E-state index in [2.05, 4.69) is 0 Å². The van der Waals surface area contributed by atoms with Crippen molar-refractivity contribution in [2.45, 2.75) is 46.7 Å². The number of rotatable bonds is 6. The molecule has 1 fully saturated rings. The molecule has 0 radical (unpaired) electrons. The molecule has 0 unspecified atom stereocenters. The minimum Gasteiger partial charge on any atom is -0.496 e. The van der Waals surface area contributed by atoms with Gasteiger partial charge in [-0.1, -0.05) is 6.07 Å². The van der Waals surface area contributed by atoms with Gasteiger partial charge in [-0.2, -0.15) is 0 Å². The molecule has 1 aromatic rings. The summed E-state index contributed by atoms with van der Waals surface area (Å²) in [5.74, 6) is 0.0939. The van der Waals surface area contributed by atoms with Crippen LogP contribution in [0.5, 0.6) is 5.75 Å². The highest BCUT2D eigenvalue weighted by Gasteiger charge is 2.37. The Morgan fingerprint density at radius 1 is 1.22 bits per heavy atom. The first-order valence-electron chi connectivity index (χ1n) is 8.86. The van der Waals surface area contributed by atoms with Gasteiger partial charge in [0, 0.05) is 12.1 Å². The molecule has 27 heavy (non-hydrogen) atoms. The van der Waals surface area contributed by atoms with Gasteiger partial charge in [0.25, 0.3) is 11.1 Å². The van der Waals surface area contributed by atoms with E-state index < -0.39 is 11.1 Å². The average molecular weight is 391 g/mol. The first kappa shape index (κ1) is 21.0. The van der Waals surface area contributed by atoms with Crippen molar-refractivity contribution in [2.75, 3.05) is 13.7 Å². The zero-order valence-electron chi connectivity index (χ0n) is 16.6. The monoisotopic (exact) mass is 390 g/mol. The molecular formula is C20H26N2O4S. The highest BCUT2D eigenvalue weighted by atomic mass is 32.2. The number of carbonyl (C=O) groups excluding carboxylic acids is 3. The van der Waals surface area contributed by atoms with Crippen molar-refractivity contribution in [3.63, 3.8) is 0 Å². The Kier molecular flexibility index (Phi) is 6.70. The topological polar surface area (TPSA) is 66.9 Å². The molecule has 0 spiro atoms. The molecule has 1 aromatic carbocycles. The molecule has 6 nitrogen and oxygen atoms in total. The Morgan fingerprint density at radius 3 is 2.37 bits per heavy atom. The lowest BCUT2D eigenvalue weighted by Crippen LogP contribution is -2.48. The van der Waals surface area contributed by atoms with Crippen molar-refractivity contribution in [3.8, 4) is 5.75 Å². The van der Waals surface area contributed by atoms with Gasteiger partial charge in [0.1, 0.15) is 12.3 Å². The maximum Gasteiger partial charge on any atom is 0.294 e. The predicted octanol–water partition coefficient (Wildman–Crippen LogP) is 3.69. The lowest BCUT2D eigenvalue weighted by molar-refractivity contribution is -0.138. The van der Waals surface area contributed by atoms with Crippen LogP contribution in [0.3, 0.4) is 0 Å². The average Bonchev–Trinajstić information content (AvgIpc) is 2.82. The number of ether oxygens (including phenoxy) is 1. The lowest BCUT2D eigenvalue weighted by Gasteiger charge is -2.31. The van der Waals surface area contributed by atoms with Gasteiger partial charge < -0.3 is 9.64 Å². The van der Waals surface area contributed by atoms with E-state index >= 15 is 0 Å². The van der Waals surface area contributed by atoms with Crippen molar-refractivity contribution in [1.29, 1.82) is 0 Å². The van der Waals surface area contributed by atoms with E-state index in [0.29, 0.717) is 4.91 Å². The van der Waals surface area contributed by atoms with Crippen LogP contribution in [0, 0.1) is 6.92 Å². The van der Waals surface area contributed by atoms with Gasteiger partial charge in [-0.3, -0.25) is 19.3 Å². The Hall–Kier alpha value is -2.28. The van der Waals surface area contributed by atoms with E-state index in [0.717, 1.165) is 33.5 Å². The van der Waals surface area contributed by atoms with Gasteiger partial charge in [0.05, 0.1) is 12.0 Å². The number of aryl methyl sites for hydroxylation is 1. The van der Waals surface area contributed by atoms with Gasteiger partial charge in [0.2, 0.25) is 5.91 Å². The summed E-state index contributed by atoms with van der Waals surface area (Å²) in [7, 11) is 1.60. The van der Waals surface area contributed by atoms with E-state index in [4.69, 9.17) is 4.74 Å². The van der Waals surface area contributed by atoms with Crippen LogP contribution in [0.2, 0.25) is 0 Å². The maximum absolute atomic E-state index is 12.6. The molecule has 1 heterocycles. The van der Waals surface area contributed by atoms with Crippen LogP contribution < -0.4 is 4.74 Å². The lowest BCUT2D eigenvalue weighted by atomic mass is 10.1. The van der Waals surface area contributed by atoms with Gasteiger partial charge in [0.15, 0.2) is 0 Å². The second kappa shape index (κ2) is 8.61. The Balaban J connectivity index is 2.19. The van der Waals surface area contributed by atoms with E-state index in [1.807, 2.05) is 52.8 Å². The molecule has 1 aliphatic heterocycles. The quantitative estimate of drug-likeness (QED) is 0.693. The standard InChI is InChI=1S/C20H26N2O4S/c1-12(2)22(13(3)4)18(23)11-21-19(24)17(27-20(21)25)10-15-7-8-16(26-6)14(5)9-15/h7-10,12-13H,11H2,1-6H3/b17-10-. The molecule has 1 aliphatic rings. The first-order valence-corrected chi connectivity index (χ1v) is 9.68. The summed E-state index contributed by atoms with van der Waals surface area (Å²) in [5.41, 5.74) is 1.74. The molecule has 3 amide bonds. The number of imide groups is 1. The summed E-state index contributed by atoms with van der Waals surface area (Å²) in [6.45, 7) is 9.33. The maximum atomic E-state index is 12.6. The van der Waals surface area contributed by atoms with Crippen LogP contribution in [0.15, 0.2) is 23.1 Å². The minimum absolute atomic E-state index is 0.00440.